The van der Waals surface area contributed by atoms with Crippen molar-refractivity contribution in [2.75, 3.05) is 11.9 Å². The summed E-state index contributed by atoms with van der Waals surface area (Å²) in [5, 5.41) is 3.68. The molecule has 3 aromatic rings. The molecule has 0 aliphatic rings. The van der Waals surface area contributed by atoms with E-state index < -0.39 is 10.0 Å². The molecule has 1 aromatic heterocycles. The van der Waals surface area contributed by atoms with E-state index in [1.165, 1.54) is 12.1 Å². The van der Waals surface area contributed by atoms with Gasteiger partial charge in [-0.1, -0.05) is 22.0 Å². The van der Waals surface area contributed by atoms with E-state index in [1.807, 2.05) is 24.3 Å². The number of hydrogen-bond donors (Lipinski definition) is 2. The molecule has 26 heavy (non-hydrogen) atoms. The number of nitrogens with one attached hydrogen (secondary N) is 2. The smallest absolute Gasteiger partial charge is 0.240 e. The summed E-state index contributed by atoms with van der Waals surface area (Å²) in [6.07, 6.45) is 1.74. The molecule has 2 aromatic carbocycles. The van der Waals surface area contributed by atoms with E-state index in [0.717, 1.165) is 15.4 Å². The Morgan fingerprint density at radius 2 is 1.85 bits per heavy atom. The summed E-state index contributed by atoms with van der Waals surface area (Å²) >= 11 is 3.26. The predicted molar refractivity (Wildman–Crippen MR) is 104 cm³/mol. The number of anilines is 1. The van der Waals surface area contributed by atoms with Crippen molar-refractivity contribution in [2.24, 2.45) is 0 Å². The maximum atomic E-state index is 12.2. The van der Waals surface area contributed by atoms with Crippen LogP contribution in [-0.2, 0) is 14.8 Å². The molecule has 1 heterocycles. The highest BCUT2D eigenvalue weighted by atomic mass is 79.9. The topological polar surface area (TPSA) is 88.2 Å². The SMILES string of the molecule is O=C(CCNS(=O)(=O)c1ccc(Br)cc1)Nc1ccc2ncccc2c1. The maximum absolute atomic E-state index is 12.2. The molecule has 134 valence electrons. The van der Waals surface area contributed by atoms with Crippen LogP contribution in [-0.4, -0.2) is 25.9 Å². The predicted octanol–water partition coefficient (Wildman–Crippen LogP) is 3.30. The quantitative estimate of drug-likeness (QED) is 0.623. The van der Waals surface area contributed by atoms with Crippen molar-refractivity contribution in [3.05, 3.63) is 65.3 Å². The lowest BCUT2D eigenvalue weighted by Crippen LogP contribution is -2.27. The van der Waals surface area contributed by atoms with E-state index in [4.69, 9.17) is 0 Å². The third-order valence-electron chi connectivity index (χ3n) is 3.65. The van der Waals surface area contributed by atoms with Gasteiger partial charge in [-0.2, -0.15) is 0 Å². The van der Waals surface area contributed by atoms with Crippen molar-refractivity contribution in [3.63, 3.8) is 0 Å². The average molecular weight is 434 g/mol. The van der Waals surface area contributed by atoms with Crippen molar-refractivity contribution in [1.82, 2.24) is 9.71 Å². The Morgan fingerprint density at radius 3 is 2.62 bits per heavy atom. The van der Waals surface area contributed by atoms with Crippen molar-refractivity contribution in [1.29, 1.82) is 0 Å². The average Bonchev–Trinajstić information content (AvgIpc) is 2.62. The lowest BCUT2D eigenvalue weighted by molar-refractivity contribution is -0.116. The van der Waals surface area contributed by atoms with Crippen LogP contribution in [0.2, 0.25) is 0 Å². The fourth-order valence-electron chi connectivity index (χ4n) is 2.37. The van der Waals surface area contributed by atoms with E-state index in [2.05, 4.69) is 31.0 Å². The Labute approximate surface area is 159 Å². The second-order valence-electron chi connectivity index (χ2n) is 5.56. The normalized spacial score (nSPS) is 11.4. The van der Waals surface area contributed by atoms with Crippen LogP contribution in [0.15, 0.2) is 70.2 Å². The van der Waals surface area contributed by atoms with Gasteiger partial charge in [-0.15, -0.1) is 0 Å². The molecule has 0 saturated heterocycles. The summed E-state index contributed by atoms with van der Waals surface area (Å²) in [5.74, 6) is -0.272. The van der Waals surface area contributed by atoms with Gasteiger partial charge >= 0.3 is 0 Å². The molecular weight excluding hydrogens is 418 g/mol. The number of aromatic nitrogens is 1. The van der Waals surface area contributed by atoms with Crippen LogP contribution in [0, 0.1) is 0 Å². The van der Waals surface area contributed by atoms with Gasteiger partial charge < -0.3 is 5.32 Å². The summed E-state index contributed by atoms with van der Waals surface area (Å²) in [4.78, 5) is 16.4. The van der Waals surface area contributed by atoms with Gasteiger partial charge in [-0.3, -0.25) is 9.78 Å². The Hall–Kier alpha value is -2.29. The fourth-order valence-corrected chi connectivity index (χ4v) is 3.67. The zero-order valence-corrected chi connectivity index (χ0v) is 16.0. The number of amides is 1. The van der Waals surface area contributed by atoms with E-state index in [1.54, 1.807) is 24.4 Å². The summed E-state index contributed by atoms with van der Waals surface area (Å²) in [6, 6.07) is 15.4. The van der Waals surface area contributed by atoms with Crippen LogP contribution in [0.3, 0.4) is 0 Å². The number of benzene rings is 2. The molecule has 0 aliphatic carbocycles. The van der Waals surface area contributed by atoms with Crippen LogP contribution in [0.25, 0.3) is 10.9 Å². The van der Waals surface area contributed by atoms with Gasteiger partial charge in [0.25, 0.3) is 0 Å². The zero-order chi connectivity index (χ0) is 18.6. The monoisotopic (exact) mass is 433 g/mol. The molecular formula is C18H16BrN3O3S. The van der Waals surface area contributed by atoms with Crippen LogP contribution >= 0.6 is 15.9 Å². The van der Waals surface area contributed by atoms with Crippen molar-refractivity contribution in [3.8, 4) is 0 Å². The first-order chi connectivity index (χ1) is 12.4. The minimum atomic E-state index is -3.63. The van der Waals surface area contributed by atoms with Crippen molar-refractivity contribution >= 4 is 48.5 Å². The highest BCUT2D eigenvalue weighted by Gasteiger charge is 2.14. The van der Waals surface area contributed by atoms with E-state index >= 15 is 0 Å². The van der Waals surface area contributed by atoms with E-state index in [0.29, 0.717) is 5.69 Å². The fraction of sp³-hybridized carbons (Fsp3) is 0.111. The van der Waals surface area contributed by atoms with Crippen molar-refractivity contribution < 1.29 is 13.2 Å². The minimum Gasteiger partial charge on any atom is -0.326 e. The summed E-state index contributed by atoms with van der Waals surface area (Å²) in [7, 11) is -3.63. The Kier molecular flexibility index (Phi) is 5.65. The Morgan fingerprint density at radius 1 is 1.08 bits per heavy atom. The van der Waals surface area contributed by atoms with Gasteiger partial charge in [0.2, 0.25) is 15.9 Å². The highest BCUT2D eigenvalue weighted by Crippen LogP contribution is 2.17. The van der Waals surface area contributed by atoms with Crippen LogP contribution in [0.1, 0.15) is 6.42 Å². The zero-order valence-electron chi connectivity index (χ0n) is 13.6. The molecule has 6 nitrogen and oxygen atoms in total. The molecule has 0 saturated carbocycles. The third-order valence-corrected chi connectivity index (χ3v) is 5.66. The van der Waals surface area contributed by atoms with Gasteiger partial charge in [0, 0.05) is 34.7 Å². The van der Waals surface area contributed by atoms with Gasteiger partial charge in [0.15, 0.2) is 0 Å². The maximum Gasteiger partial charge on any atom is 0.240 e. The molecule has 0 radical (unpaired) electrons. The van der Waals surface area contributed by atoms with E-state index in [9.17, 15) is 13.2 Å². The highest BCUT2D eigenvalue weighted by molar-refractivity contribution is 9.10. The number of nitrogens with zero attached hydrogens (tertiary/aromatic N) is 1. The molecule has 2 N–H and O–H groups in total. The largest absolute Gasteiger partial charge is 0.326 e. The minimum absolute atomic E-state index is 0.0133. The molecule has 1 amide bonds. The first-order valence-electron chi connectivity index (χ1n) is 7.84. The molecule has 0 bridgehead atoms. The van der Waals surface area contributed by atoms with Gasteiger partial charge in [-0.25, -0.2) is 13.1 Å². The summed E-state index contributed by atoms with van der Waals surface area (Å²) in [5.41, 5.74) is 1.49. The van der Waals surface area contributed by atoms with E-state index in [-0.39, 0.29) is 23.8 Å². The molecule has 0 unspecified atom stereocenters. The molecule has 0 fully saturated rings. The number of carbonyl (C=O) groups is 1. The first-order valence-corrected chi connectivity index (χ1v) is 10.1. The molecule has 0 aliphatic heterocycles. The number of halogens is 1. The lowest BCUT2D eigenvalue weighted by atomic mass is 10.2. The van der Waals surface area contributed by atoms with Gasteiger partial charge in [0.1, 0.15) is 0 Å². The number of hydrogen-bond acceptors (Lipinski definition) is 4. The Bertz CT molecular complexity index is 1040. The number of sulfonamides is 1. The standard InChI is InChI=1S/C18H16BrN3O3S/c19-14-3-6-16(7-4-14)26(24,25)21-11-9-18(23)22-15-5-8-17-13(12-15)2-1-10-20-17/h1-8,10,12,21H,9,11H2,(H,22,23). The van der Waals surface area contributed by atoms with Crippen molar-refractivity contribution in [2.45, 2.75) is 11.3 Å². The Balaban J connectivity index is 1.55. The summed E-state index contributed by atoms with van der Waals surface area (Å²) in [6.45, 7) is 0.0133. The second-order valence-corrected chi connectivity index (χ2v) is 8.24. The number of rotatable bonds is 6. The molecule has 0 spiro atoms. The molecule has 0 atom stereocenters. The van der Waals surface area contributed by atoms with Gasteiger partial charge in [0.05, 0.1) is 10.4 Å². The van der Waals surface area contributed by atoms with Crippen LogP contribution < -0.4 is 10.0 Å². The number of fused-ring (bicyclic) bond motifs is 1. The first kappa shape index (κ1) is 18.5. The van der Waals surface area contributed by atoms with Crippen LogP contribution in [0.5, 0.6) is 0 Å². The van der Waals surface area contributed by atoms with Gasteiger partial charge in [-0.05, 0) is 48.5 Å². The number of pyridine rings is 1. The third kappa shape index (κ3) is 4.66. The number of carbonyl (C=O) groups excluding carboxylic acids is 1. The van der Waals surface area contributed by atoms with Crippen LogP contribution in [0.4, 0.5) is 5.69 Å². The summed E-state index contributed by atoms with van der Waals surface area (Å²) < 4.78 is 27.5. The second kappa shape index (κ2) is 7.94. The molecule has 8 heteroatoms. The molecule has 3 rings (SSSR count). The lowest BCUT2D eigenvalue weighted by Gasteiger charge is -2.08.